The van der Waals surface area contributed by atoms with Crippen molar-refractivity contribution in [2.75, 3.05) is 0 Å². The average molecular weight is 293 g/mol. The molecule has 0 aliphatic heterocycles. The van der Waals surface area contributed by atoms with Crippen LogP contribution < -0.4 is 5.32 Å². The van der Waals surface area contributed by atoms with Crippen LogP contribution in [0.5, 0.6) is 0 Å². The Morgan fingerprint density at radius 2 is 2.05 bits per heavy atom. The lowest BCUT2D eigenvalue weighted by molar-refractivity contribution is 0.507. The number of hydrogen-bond donors (Lipinski definition) is 1. The molecule has 0 saturated carbocycles. The third kappa shape index (κ3) is 3.18. The van der Waals surface area contributed by atoms with Gasteiger partial charge in [-0.25, -0.2) is 13.8 Å². The monoisotopic (exact) mass is 293 g/mol. The first-order chi connectivity index (χ1) is 9.51. The lowest BCUT2D eigenvalue weighted by Crippen LogP contribution is -2.19. The highest BCUT2D eigenvalue weighted by atomic mass is 32.1. The minimum absolute atomic E-state index is 0.0210. The highest BCUT2D eigenvalue weighted by Gasteiger charge is 2.14. The van der Waals surface area contributed by atoms with Gasteiger partial charge in [-0.15, -0.1) is 11.3 Å². The van der Waals surface area contributed by atoms with Gasteiger partial charge in [0.1, 0.15) is 16.6 Å². The van der Waals surface area contributed by atoms with Crippen LogP contribution >= 0.6 is 11.3 Å². The van der Waals surface area contributed by atoms with E-state index in [1.807, 2.05) is 19.2 Å². The summed E-state index contributed by atoms with van der Waals surface area (Å²) >= 11 is 1.50. The molecule has 1 atom stereocenters. The van der Waals surface area contributed by atoms with Crippen LogP contribution in [0.4, 0.5) is 8.78 Å². The highest BCUT2D eigenvalue weighted by molar-refractivity contribution is 7.09. The van der Waals surface area contributed by atoms with Gasteiger partial charge < -0.3 is 5.32 Å². The molecule has 2 aromatic rings. The van der Waals surface area contributed by atoms with Gasteiger partial charge in [-0.3, -0.25) is 0 Å². The van der Waals surface area contributed by atoms with Crippen LogP contribution in [0.2, 0.25) is 0 Å². The fraction of sp³-hybridized carbons (Fsp3) is 0.286. The number of rotatable bonds is 4. The summed E-state index contributed by atoms with van der Waals surface area (Å²) in [5.74, 6) is -1.42. The Hall–Kier alpha value is -1.84. The van der Waals surface area contributed by atoms with Crippen molar-refractivity contribution in [2.45, 2.75) is 26.4 Å². The van der Waals surface area contributed by atoms with E-state index < -0.39 is 11.6 Å². The first-order valence-electron chi connectivity index (χ1n) is 6.04. The van der Waals surface area contributed by atoms with Gasteiger partial charge in [0.25, 0.3) is 0 Å². The molecule has 0 aliphatic rings. The second-order valence-corrected chi connectivity index (χ2v) is 5.35. The van der Waals surface area contributed by atoms with E-state index in [-0.39, 0.29) is 23.7 Å². The second-order valence-electron chi connectivity index (χ2n) is 4.46. The van der Waals surface area contributed by atoms with Crippen molar-refractivity contribution in [1.82, 2.24) is 10.3 Å². The second kappa shape index (κ2) is 6.07. The maximum atomic E-state index is 13.7. The van der Waals surface area contributed by atoms with Crippen LogP contribution in [0.3, 0.4) is 0 Å². The fourth-order valence-electron chi connectivity index (χ4n) is 1.75. The molecular formula is C14H13F2N3S. The Morgan fingerprint density at radius 1 is 1.40 bits per heavy atom. The summed E-state index contributed by atoms with van der Waals surface area (Å²) in [6.07, 6.45) is 0. The van der Waals surface area contributed by atoms with E-state index >= 15 is 0 Å². The SMILES string of the molecule is Cc1csc(C(C)NCc2c(F)cc(C#N)cc2F)n1. The zero-order chi connectivity index (χ0) is 14.7. The van der Waals surface area contributed by atoms with Crippen molar-refractivity contribution >= 4 is 11.3 Å². The molecule has 1 aromatic heterocycles. The third-order valence-electron chi connectivity index (χ3n) is 2.86. The first-order valence-corrected chi connectivity index (χ1v) is 6.92. The Kier molecular flexibility index (Phi) is 4.42. The molecule has 104 valence electrons. The number of halogens is 2. The van der Waals surface area contributed by atoms with E-state index in [0.717, 1.165) is 22.8 Å². The largest absolute Gasteiger partial charge is 0.304 e. The summed E-state index contributed by atoms with van der Waals surface area (Å²) in [7, 11) is 0. The van der Waals surface area contributed by atoms with Crippen molar-refractivity contribution in [1.29, 1.82) is 5.26 Å². The summed E-state index contributed by atoms with van der Waals surface area (Å²) < 4.78 is 27.4. The third-order valence-corrected chi connectivity index (χ3v) is 4.01. The topological polar surface area (TPSA) is 48.7 Å². The molecule has 1 unspecified atom stereocenters. The summed E-state index contributed by atoms with van der Waals surface area (Å²) in [6.45, 7) is 3.83. The summed E-state index contributed by atoms with van der Waals surface area (Å²) in [5.41, 5.74) is 0.839. The Labute approximate surface area is 119 Å². The lowest BCUT2D eigenvalue weighted by Gasteiger charge is -2.12. The van der Waals surface area contributed by atoms with E-state index in [2.05, 4.69) is 10.3 Å². The number of aromatic nitrogens is 1. The quantitative estimate of drug-likeness (QED) is 0.939. The molecule has 0 aliphatic carbocycles. The Balaban J connectivity index is 2.10. The molecule has 6 heteroatoms. The molecule has 1 N–H and O–H groups in total. The van der Waals surface area contributed by atoms with Crippen molar-refractivity contribution in [3.63, 3.8) is 0 Å². The molecule has 2 rings (SSSR count). The Bertz CT molecular complexity index is 638. The molecule has 1 heterocycles. The molecule has 0 amide bonds. The van der Waals surface area contributed by atoms with Crippen LogP contribution in [-0.4, -0.2) is 4.98 Å². The molecule has 0 bridgehead atoms. The molecule has 20 heavy (non-hydrogen) atoms. The predicted octanol–water partition coefficient (Wildman–Crippen LogP) is 3.45. The normalized spacial score (nSPS) is 12.2. The molecule has 0 radical (unpaired) electrons. The number of aryl methyl sites for hydroxylation is 1. The van der Waals surface area contributed by atoms with Crippen molar-refractivity contribution in [3.05, 3.63) is 51.0 Å². The molecule has 3 nitrogen and oxygen atoms in total. The van der Waals surface area contributed by atoms with Crippen LogP contribution in [0.15, 0.2) is 17.5 Å². The van der Waals surface area contributed by atoms with E-state index in [1.165, 1.54) is 11.3 Å². The van der Waals surface area contributed by atoms with Gasteiger partial charge in [0.05, 0.1) is 17.7 Å². The van der Waals surface area contributed by atoms with Crippen LogP contribution in [0, 0.1) is 29.9 Å². The molecule has 1 aromatic carbocycles. The molecular weight excluding hydrogens is 280 g/mol. The maximum Gasteiger partial charge on any atom is 0.131 e. The zero-order valence-electron chi connectivity index (χ0n) is 11.1. The van der Waals surface area contributed by atoms with Crippen molar-refractivity contribution in [3.8, 4) is 6.07 Å². The van der Waals surface area contributed by atoms with Gasteiger partial charge in [0.15, 0.2) is 0 Å². The van der Waals surface area contributed by atoms with Gasteiger partial charge in [-0.2, -0.15) is 5.26 Å². The van der Waals surface area contributed by atoms with Crippen LogP contribution in [0.25, 0.3) is 0 Å². The van der Waals surface area contributed by atoms with Crippen LogP contribution in [0.1, 0.15) is 34.8 Å². The predicted molar refractivity (Wildman–Crippen MR) is 73.2 cm³/mol. The summed E-state index contributed by atoms with van der Waals surface area (Å²) in [5, 5.41) is 14.5. The number of nitrogens with one attached hydrogen (secondary N) is 1. The zero-order valence-corrected chi connectivity index (χ0v) is 11.9. The van der Waals surface area contributed by atoms with Gasteiger partial charge >= 0.3 is 0 Å². The van der Waals surface area contributed by atoms with Gasteiger partial charge in [-0.05, 0) is 26.0 Å². The lowest BCUT2D eigenvalue weighted by atomic mass is 10.1. The highest BCUT2D eigenvalue weighted by Crippen LogP contribution is 2.20. The Morgan fingerprint density at radius 3 is 2.55 bits per heavy atom. The smallest absolute Gasteiger partial charge is 0.131 e. The van der Waals surface area contributed by atoms with E-state index in [0.29, 0.717) is 0 Å². The number of benzene rings is 1. The van der Waals surface area contributed by atoms with Gasteiger partial charge in [0.2, 0.25) is 0 Å². The standard InChI is InChI=1S/C14H13F2N3S/c1-8-7-20-14(19-8)9(2)18-6-11-12(15)3-10(5-17)4-13(11)16/h3-4,7,9,18H,6H2,1-2H3. The van der Waals surface area contributed by atoms with E-state index in [9.17, 15) is 8.78 Å². The van der Waals surface area contributed by atoms with Crippen molar-refractivity contribution in [2.24, 2.45) is 0 Å². The number of nitriles is 1. The minimum atomic E-state index is -0.712. The van der Waals surface area contributed by atoms with E-state index in [4.69, 9.17) is 5.26 Å². The molecule has 0 fully saturated rings. The average Bonchev–Trinajstić information content (AvgIpc) is 2.84. The van der Waals surface area contributed by atoms with Gasteiger partial charge in [0, 0.05) is 23.2 Å². The maximum absolute atomic E-state index is 13.7. The first kappa shape index (κ1) is 14.6. The summed E-state index contributed by atoms with van der Waals surface area (Å²) in [6, 6.07) is 3.71. The molecule has 0 saturated heterocycles. The number of hydrogen-bond acceptors (Lipinski definition) is 4. The molecule has 0 spiro atoms. The fourth-order valence-corrected chi connectivity index (χ4v) is 2.58. The minimum Gasteiger partial charge on any atom is -0.304 e. The number of thiazole rings is 1. The number of nitrogens with zero attached hydrogens (tertiary/aromatic N) is 2. The van der Waals surface area contributed by atoms with E-state index in [1.54, 1.807) is 6.07 Å². The van der Waals surface area contributed by atoms with Crippen molar-refractivity contribution < 1.29 is 8.78 Å². The van der Waals surface area contributed by atoms with Crippen LogP contribution in [-0.2, 0) is 6.54 Å². The summed E-state index contributed by atoms with van der Waals surface area (Å²) in [4.78, 5) is 4.32. The van der Waals surface area contributed by atoms with Gasteiger partial charge in [-0.1, -0.05) is 0 Å².